The van der Waals surface area contributed by atoms with Crippen molar-refractivity contribution in [2.45, 2.75) is 35.8 Å². The molecule has 1 amide bonds. The molecule has 7 nitrogen and oxygen atoms in total. The summed E-state index contributed by atoms with van der Waals surface area (Å²) in [7, 11) is -3.86. The highest BCUT2D eigenvalue weighted by Gasteiger charge is 2.26. The van der Waals surface area contributed by atoms with Gasteiger partial charge in [-0.05, 0) is 53.4 Å². The van der Waals surface area contributed by atoms with Crippen LogP contribution in [-0.4, -0.2) is 52.1 Å². The van der Waals surface area contributed by atoms with E-state index in [0.29, 0.717) is 25.7 Å². The second-order valence-electron chi connectivity index (χ2n) is 8.77. The summed E-state index contributed by atoms with van der Waals surface area (Å²) in [5.74, 6) is -0.0664. The van der Waals surface area contributed by atoms with Crippen LogP contribution in [0.3, 0.4) is 0 Å². The average Bonchev–Trinajstić information content (AvgIpc) is 3.37. The lowest BCUT2D eigenvalue weighted by Crippen LogP contribution is -2.43. The summed E-state index contributed by atoms with van der Waals surface area (Å²) in [6.45, 7) is 7.49. The number of ether oxygens (including phenoxy) is 1. The number of halogens is 1. The molecule has 1 aliphatic rings. The van der Waals surface area contributed by atoms with Crippen molar-refractivity contribution in [3.05, 3.63) is 82.0 Å². The number of hydrogen-bond donors (Lipinski definition) is 1. The Hall–Kier alpha value is -2.46. The SMILES string of the molecule is CC(C)c1ccc(C(CNC(=O)c2ccc(S(=O)(=O)c3ccc(Br)cc3)o2)N2CCOCC2)cc1. The predicted octanol–water partition coefficient (Wildman–Crippen LogP) is 4.80. The molecule has 1 atom stereocenters. The van der Waals surface area contributed by atoms with Gasteiger partial charge in [0.05, 0.1) is 24.2 Å². The Morgan fingerprint density at radius 1 is 0.971 bits per heavy atom. The van der Waals surface area contributed by atoms with Gasteiger partial charge in [0.2, 0.25) is 14.9 Å². The van der Waals surface area contributed by atoms with Crippen molar-refractivity contribution in [2.24, 2.45) is 0 Å². The van der Waals surface area contributed by atoms with Crippen molar-refractivity contribution < 1.29 is 22.4 Å². The molecular formula is C26H29BrN2O5S. The summed E-state index contributed by atoms with van der Waals surface area (Å²) >= 11 is 3.29. The quantitative estimate of drug-likeness (QED) is 0.425. The zero-order chi connectivity index (χ0) is 25.0. The van der Waals surface area contributed by atoms with Crippen LogP contribution < -0.4 is 5.32 Å². The Bertz CT molecular complexity index is 1250. The summed E-state index contributed by atoms with van der Waals surface area (Å²) in [6, 6.07) is 17.4. The van der Waals surface area contributed by atoms with E-state index in [1.807, 2.05) is 0 Å². The normalized spacial score (nSPS) is 15.8. The molecule has 3 aromatic rings. The first-order valence-electron chi connectivity index (χ1n) is 11.6. The summed E-state index contributed by atoms with van der Waals surface area (Å²) in [6.07, 6.45) is 0. The smallest absolute Gasteiger partial charge is 0.287 e. The van der Waals surface area contributed by atoms with Crippen LogP contribution in [0.15, 0.2) is 79.5 Å². The van der Waals surface area contributed by atoms with Crippen molar-refractivity contribution in [3.8, 4) is 0 Å². The highest BCUT2D eigenvalue weighted by Crippen LogP contribution is 2.26. The summed E-state index contributed by atoms with van der Waals surface area (Å²) in [4.78, 5) is 15.3. The van der Waals surface area contributed by atoms with Crippen molar-refractivity contribution >= 4 is 31.7 Å². The molecule has 9 heteroatoms. The molecule has 2 aromatic carbocycles. The molecule has 1 N–H and O–H groups in total. The van der Waals surface area contributed by atoms with Crippen molar-refractivity contribution in [1.29, 1.82) is 0 Å². The summed E-state index contributed by atoms with van der Waals surface area (Å²) in [5.41, 5.74) is 2.36. The van der Waals surface area contributed by atoms with E-state index in [1.54, 1.807) is 12.1 Å². The van der Waals surface area contributed by atoms with Gasteiger partial charge in [-0.25, -0.2) is 8.42 Å². The molecule has 1 fully saturated rings. The standard InChI is InChI=1S/C26H29BrN2O5S/c1-18(2)19-3-5-20(6-4-19)23(29-13-15-33-16-14-29)17-28-26(30)24-11-12-25(34-24)35(31,32)22-9-7-21(27)8-10-22/h3-12,18,23H,13-17H2,1-2H3,(H,28,30). The Labute approximate surface area is 214 Å². The van der Waals surface area contributed by atoms with Gasteiger partial charge in [-0.2, -0.15) is 0 Å². The summed E-state index contributed by atoms with van der Waals surface area (Å²) in [5, 5.41) is 2.66. The van der Waals surface area contributed by atoms with E-state index in [4.69, 9.17) is 9.15 Å². The van der Waals surface area contributed by atoms with E-state index in [2.05, 4.69) is 64.3 Å². The molecule has 1 saturated heterocycles. The number of nitrogens with one attached hydrogen (secondary N) is 1. The second-order valence-corrected chi connectivity index (χ2v) is 11.6. The fourth-order valence-corrected chi connectivity index (χ4v) is 5.48. The molecule has 0 radical (unpaired) electrons. The lowest BCUT2D eigenvalue weighted by atomic mass is 9.98. The van der Waals surface area contributed by atoms with E-state index in [1.165, 1.54) is 29.8 Å². The number of carbonyl (C=O) groups excluding carboxylic acids is 1. The van der Waals surface area contributed by atoms with Gasteiger partial charge in [-0.15, -0.1) is 0 Å². The van der Waals surface area contributed by atoms with Gasteiger partial charge in [-0.3, -0.25) is 9.69 Å². The number of rotatable bonds is 8. The van der Waals surface area contributed by atoms with Gasteiger partial charge in [0, 0.05) is 24.1 Å². The molecule has 1 aromatic heterocycles. The largest absolute Gasteiger partial charge is 0.439 e. The average molecular weight is 561 g/mol. The number of amides is 1. The zero-order valence-corrected chi connectivity index (χ0v) is 22.1. The molecule has 2 heterocycles. The minimum absolute atomic E-state index is 0.0370. The van der Waals surface area contributed by atoms with E-state index < -0.39 is 15.7 Å². The number of furan rings is 1. The van der Waals surface area contributed by atoms with Gasteiger partial charge in [-0.1, -0.05) is 54.0 Å². The first kappa shape index (κ1) is 25.6. The minimum Gasteiger partial charge on any atom is -0.439 e. The van der Waals surface area contributed by atoms with Crippen molar-refractivity contribution in [1.82, 2.24) is 10.2 Å². The number of nitrogens with zero attached hydrogens (tertiary/aromatic N) is 1. The third-order valence-corrected chi connectivity index (χ3v) is 8.29. The fraction of sp³-hybridized carbons (Fsp3) is 0.346. The molecule has 186 valence electrons. The number of benzene rings is 2. The molecule has 0 aliphatic carbocycles. The molecule has 0 spiro atoms. The molecule has 1 unspecified atom stereocenters. The van der Waals surface area contributed by atoms with Crippen molar-refractivity contribution in [3.63, 3.8) is 0 Å². The predicted molar refractivity (Wildman–Crippen MR) is 136 cm³/mol. The van der Waals surface area contributed by atoms with E-state index in [9.17, 15) is 13.2 Å². The highest BCUT2D eigenvalue weighted by atomic mass is 79.9. The van der Waals surface area contributed by atoms with E-state index in [-0.39, 0.29) is 21.8 Å². The first-order chi connectivity index (χ1) is 16.8. The van der Waals surface area contributed by atoms with Crippen LogP contribution in [0.5, 0.6) is 0 Å². The Morgan fingerprint density at radius 2 is 1.60 bits per heavy atom. The molecule has 1 aliphatic heterocycles. The Morgan fingerprint density at radius 3 is 2.23 bits per heavy atom. The van der Waals surface area contributed by atoms with Gasteiger partial charge >= 0.3 is 0 Å². The Balaban J connectivity index is 1.49. The maximum atomic E-state index is 12.9. The number of morpholine rings is 1. The summed E-state index contributed by atoms with van der Waals surface area (Å²) < 4.78 is 37.5. The van der Waals surface area contributed by atoms with Crippen LogP contribution in [-0.2, 0) is 14.6 Å². The number of carbonyl (C=O) groups is 1. The molecular weight excluding hydrogens is 532 g/mol. The third-order valence-electron chi connectivity index (χ3n) is 6.12. The fourth-order valence-electron chi connectivity index (χ4n) is 4.04. The maximum Gasteiger partial charge on any atom is 0.287 e. The second kappa shape index (κ2) is 11.1. The van der Waals surface area contributed by atoms with Crippen molar-refractivity contribution in [2.75, 3.05) is 32.8 Å². The maximum absolute atomic E-state index is 12.9. The van der Waals surface area contributed by atoms with E-state index in [0.717, 1.165) is 23.1 Å². The molecule has 0 saturated carbocycles. The highest BCUT2D eigenvalue weighted by molar-refractivity contribution is 9.10. The van der Waals surface area contributed by atoms with Crippen LogP contribution in [0.25, 0.3) is 0 Å². The van der Waals surface area contributed by atoms with Gasteiger partial charge in [0.1, 0.15) is 0 Å². The molecule has 4 rings (SSSR count). The Kier molecular flexibility index (Phi) is 8.11. The third kappa shape index (κ3) is 6.03. The lowest BCUT2D eigenvalue weighted by molar-refractivity contribution is 0.0161. The van der Waals surface area contributed by atoms with Crippen LogP contribution in [0.1, 0.15) is 47.5 Å². The zero-order valence-electron chi connectivity index (χ0n) is 19.7. The number of hydrogen-bond acceptors (Lipinski definition) is 6. The van der Waals surface area contributed by atoms with E-state index >= 15 is 0 Å². The van der Waals surface area contributed by atoms with Gasteiger partial charge in [0.25, 0.3) is 5.91 Å². The topological polar surface area (TPSA) is 88.8 Å². The lowest BCUT2D eigenvalue weighted by Gasteiger charge is -2.35. The molecule has 35 heavy (non-hydrogen) atoms. The first-order valence-corrected chi connectivity index (χ1v) is 13.8. The molecule has 0 bridgehead atoms. The minimum atomic E-state index is -3.86. The van der Waals surface area contributed by atoms with Gasteiger partial charge in [0.15, 0.2) is 5.76 Å². The van der Waals surface area contributed by atoms with Crippen LogP contribution >= 0.6 is 15.9 Å². The van der Waals surface area contributed by atoms with Crippen LogP contribution in [0.4, 0.5) is 0 Å². The van der Waals surface area contributed by atoms with Crippen LogP contribution in [0.2, 0.25) is 0 Å². The van der Waals surface area contributed by atoms with Crippen LogP contribution in [0, 0.1) is 0 Å². The van der Waals surface area contributed by atoms with Gasteiger partial charge < -0.3 is 14.5 Å². The number of sulfone groups is 1. The monoisotopic (exact) mass is 560 g/mol.